The number of para-hydroxylation sites is 1. The van der Waals surface area contributed by atoms with E-state index in [4.69, 9.17) is 11.2 Å². The molecule has 24 heavy (non-hydrogen) atoms. The Morgan fingerprint density at radius 2 is 2.12 bits per heavy atom. The topological polar surface area (TPSA) is 41.6 Å². The highest BCUT2D eigenvalue weighted by Crippen LogP contribution is 2.33. The average Bonchev–Trinajstić information content (AvgIpc) is 3.02. The van der Waals surface area contributed by atoms with Crippen LogP contribution in [0.1, 0.15) is 23.6 Å². The van der Waals surface area contributed by atoms with Gasteiger partial charge in [0.1, 0.15) is 5.75 Å². The molecule has 3 rings (SSSR count). The number of hydrogen-bond donors (Lipinski definition) is 1. The Hall–Kier alpha value is -2.77. The highest BCUT2D eigenvalue weighted by atomic mass is 16.6. The monoisotopic (exact) mass is 320 g/mol. The first-order valence-corrected chi connectivity index (χ1v) is 7.99. The molecule has 0 radical (unpaired) electrons. The molecule has 0 aromatic heterocycles. The summed E-state index contributed by atoms with van der Waals surface area (Å²) in [4.78, 5) is 13.8. The van der Waals surface area contributed by atoms with E-state index in [0.29, 0.717) is 12.3 Å². The minimum atomic E-state index is -0.410. The summed E-state index contributed by atoms with van der Waals surface area (Å²) in [5.41, 5.74) is 3.23. The van der Waals surface area contributed by atoms with Crippen LogP contribution in [0.3, 0.4) is 0 Å². The van der Waals surface area contributed by atoms with Gasteiger partial charge in [-0.1, -0.05) is 30.2 Å². The fourth-order valence-electron chi connectivity index (χ4n) is 2.96. The van der Waals surface area contributed by atoms with Crippen molar-refractivity contribution in [3.63, 3.8) is 0 Å². The lowest BCUT2D eigenvalue weighted by atomic mass is 10.1. The van der Waals surface area contributed by atoms with Crippen molar-refractivity contribution in [3.05, 3.63) is 59.7 Å². The molecule has 0 heterocycles. The average molecular weight is 320 g/mol. The summed E-state index contributed by atoms with van der Waals surface area (Å²) >= 11 is 0. The Balaban J connectivity index is 1.72. The van der Waals surface area contributed by atoms with Crippen molar-refractivity contribution in [3.8, 4) is 18.1 Å². The van der Waals surface area contributed by atoms with Gasteiger partial charge in [0, 0.05) is 18.8 Å². The molecule has 0 bridgehead atoms. The summed E-state index contributed by atoms with van der Waals surface area (Å²) in [5.74, 6) is 3.15. The van der Waals surface area contributed by atoms with Crippen LogP contribution in [-0.4, -0.2) is 19.7 Å². The van der Waals surface area contributed by atoms with Crippen LogP contribution in [0.2, 0.25) is 0 Å². The number of hydrogen-bond acceptors (Lipinski definition) is 3. The Morgan fingerprint density at radius 3 is 2.88 bits per heavy atom. The first-order chi connectivity index (χ1) is 11.7. The van der Waals surface area contributed by atoms with Crippen molar-refractivity contribution >= 4 is 11.8 Å². The van der Waals surface area contributed by atoms with Crippen molar-refractivity contribution in [1.82, 2.24) is 5.32 Å². The van der Waals surface area contributed by atoms with E-state index in [9.17, 15) is 4.79 Å². The third-order valence-corrected chi connectivity index (χ3v) is 4.27. The number of carbonyl (C=O) groups excluding carboxylic acids is 1. The predicted molar refractivity (Wildman–Crippen MR) is 95.2 cm³/mol. The van der Waals surface area contributed by atoms with Gasteiger partial charge >= 0.3 is 6.09 Å². The van der Waals surface area contributed by atoms with Crippen LogP contribution in [0.4, 0.5) is 10.5 Å². The van der Waals surface area contributed by atoms with E-state index < -0.39 is 6.09 Å². The molecule has 122 valence electrons. The maximum absolute atomic E-state index is 12.3. The molecule has 0 aliphatic heterocycles. The normalized spacial score (nSPS) is 15.4. The first-order valence-electron chi connectivity index (χ1n) is 7.99. The zero-order valence-electron chi connectivity index (χ0n) is 13.7. The van der Waals surface area contributed by atoms with Gasteiger partial charge in [-0.3, -0.25) is 10.2 Å². The van der Waals surface area contributed by atoms with Gasteiger partial charge in [-0.25, -0.2) is 4.79 Å². The number of terminal acetylenes is 1. The number of ether oxygens (including phenoxy) is 1. The minimum absolute atomic E-state index is 0.224. The molecule has 4 heteroatoms. The van der Waals surface area contributed by atoms with E-state index in [-0.39, 0.29) is 6.04 Å². The lowest BCUT2D eigenvalue weighted by Gasteiger charge is -2.18. The van der Waals surface area contributed by atoms with Gasteiger partial charge in [-0.05, 0) is 48.2 Å². The van der Waals surface area contributed by atoms with E-state index in [1.807, 2.05) is 48.5 Å². The SMILES string of the molecule is C#CCNC1CCc2ccc(OC(=O)N(C)c3ccccc3)cc21. The molecule has 1 unspecified atom stereocenters. The Kier molecular flexibility index (Phi) is 4.83. The number of rotatable bonds is 4. The predicted octanol–water partition coefficient (Wildman–Crippen LogP) is 3.53. The van der Waals surface area contributed by atoms with Crippen molar-refractivity contribution in [1.29, 1.82) is 0 Å². The molecule has 0 fully saturated rings. The molecule has 1 N–H and O–H groups in total. The summed E-state index contributed by atoms with van der Waals surface area (Å²) in [6, 6.07) is 15.4. The maximum atomic E-state index is 12.3. The molecule has 1 aliphatic rings. The van der Waals surface area contributed by atoms with Crippen molar-refractivity contribution in [2.45, 2.75) is 18.9 Å². The molecule has 0 spiro atoms. The highest BCUT2D eigenvalue weighted by molar-refractivity contribution is 5.88. The standard InChI is InChI=1S/C20H20N2O2/c1-3-13-21-19-12-10-15-9-11-17(14-18(15)19)24-20(23)22(2)16-7-5-4-6-8-16/h1,4-9,11,14,19,21H,10,12-13H2,2H3. The first kappa shape index (κ1) is 16.1. The summed E-state index contributed by atoms with van der Waals surface area (Å²) in [6.07, 6.45) is 6.94. The van der Waals surface area contributed by atoms with E-state index in [2.05, 4.69) is 11.2 Å². The van der Waals surface area contributed by atoms with Crippen molar-refractivity contribution < 1.29 is 9.53 Å². The Bertz CT molecular complexity index is 765. The number of aryl methyl sites for hydroxylation is 1. The molecule has 0 saturated carbocycles. The number of carbonyl (C=O) groups is 1. The number of benzene rings is 2. The summed E-state index contributed by atoms with van der Waals surface area (Å²) in [5, 5.41) is 3.33. The van der Waals surface area contributed by atoms with Crippen molar-refractivity contribution in [2.24, 2.45) is 0 Å². The van der Waals surface area contributed by atoms with Gasteiger partial charge in [0.15, 0.2) is 0 Å². The lowest BCUT2D eigenvalue weighted by Crippen LogP contribution is -2.29. The van der Waals surface area contributed by atoms with E-state index in [1.54, 1.807) is 7.05 Å². The van der Waals surface area contributed by atoms with E-state index >= 15 is 0 Å². The smallest absolute Gasteiger partial charge is 0.410 e. The van der Waals surface area contributed by atoms with Crippen LogP contribution in [-0.2, 0) is 6.42 Å². The van der Waals surface area contributed by atoms with Crippen LogP contribution < -0.4 is 15.0 Å². The fraction of sp³-hybridized carbons (Fsp3) is 0.250. The number of anilines is 1. The van der Waals surface area contributed by atoms with Crippen LogP contribution in [0.25, 0.3) is 0 Å². The molecule has 0 saturated heterocycles. The van der Waals surface area contributed by atoms with E-state index in [1.165, 1.54) is 10.5 Å². The van der Waals surface area contributed by atoms with Crippen LogP contribution in [0.15, 0.2) is 48.5 Å². The third-order valence-electron chi connectivity index (χ3n) is 4.27. The van der Waals surface area contributed by atoms with Crippen molar-refractivity contribution in [2.75, 3.05) is 18.5 Å². The number of nitrogens with zero attached hydrogens (tertiary/aromatic N) is 1. The van der Waals surface area contributed by atoms with Gasteiger partial charge < -0.3 is 4.74 Å². The number of nitrogens with one attached hydrogen (secondary N) is 1. The summed E-state index contributed by atoms with van der Waals surface area (Å²) in [7, 11) is 1.70. The van der Waals surface area contributed by atoms with Gasteiger partial charge in [-0.2, -0.15) is 0 Å². The molecule has 4 nitrogen and oxygen atoms in total. The molecule has 1 aliphatic carbocycles. The zero-order valence-corrected chi connectivity index (χ0v) is 13.7. The number of amides is 1. The van der Waals surface area contributed by atoms with Crippen LogP contribution >= 0.6 is 0 Å². The molecule has 2 aromatic carbocycles. The van der Waals surface area contributed by atoms with Crippen LogP contribution in [0, 0.1) is 12.3 Å². The molecular weight excluding hydrogens is 300 g/mol. The highest BCUT2D eigenvalue weighted by Gasteiger charge is 2.23. The van der Waals surface area contributed by atoms with Gasteiger partial charge in [0.25, 0.3) is 0 Å². The van der Waals surface area contributed by atoms with Gasteiger partial charge in [0.05, 0.1) is 6.54 Å². The Labute approximate surface area is 142 Å². The van der Waals surface area contributed by atoms with E-state index in [0.717, 1.165) is 24.1 Å². The second kappa shape index (κ2) is 7.20. The Morgan fingerprint density at radius 1 is 1.33 bits per heavy atom. The fourth-order valence-corrected chi connectivity index (χ4v) is 2.96. The molecule has 1 atom stereocenters. The minimum Gasteiger partial charge on any atom is -0.410 e. The third kappa shape index (κ3) is 3.42. The number of fused-ring (bicyclic) bond motifs is 1. The second-order valence-corrected chi connectivity index (χ2v) is 5.80. The summed E-state index contributed by atoms with van der Waals surface area (Å²) < 4.78 is 5.53. The molecule has 1 amide bonds. The van der Waals surface area contributed by atoms with Gasteiger partial charge in [-0.15, -0.1) is 6.42 Å². The second-order valence-electron chi connectivity index (χ2n) is 5.80. The van der Waals surface area contributed by atoms with Gasteiger partial charge in [0.2, 0.25) is 0 Å². The zero-order chi connectivity index (χ0) is 16.9. The largest absolute Gasteiger partial charge is 0.419 e. The van der Waals surface area contributed by atoms with Crippen LogP contribution in [0.5, 0.6) is 5.75 Å². The maximum Gasteiger partial charge on any atom is 0.419 e. The molecule has 2 aromatic rings. The quantitative estimate of drug-likeness (QED) is 0.876. The summed E-state index contributed by atoms with van der Waals surface area (Å²) in [6.45, 7) is 0.533. The lowest BCUT2D eigenvalue weighted by molar-refractivity contribution is 0.209. The molecular formula is C20H20N2O2.